The van der Waals surface area contributed by atoms with Gasteiger partial charge in [0.05, 0.1) is 17.6 Å². The molecule has 2 fully saturated rings. The zero-order chi connectivity index (χ0) is 31.3. The number of likely N-dealkylation sites (tertiary alicyclic amines) is 1. The van der Waals surface area contributed by atoms with E-state index in [1.54, 1.807) is 24.3 Å². The molecule has 3 aromatic rings. The number of rotatable bonds is 12. The van der Waals surface area contributed by atoms with Gasteiger partial charge in [0.2, 0.25) is 15.9 Å². The molecule has 1 heterocycles. The normalized spacial score (nSPS) is 17.6. The van der Waals surface area contributed by atoms with Crippen LogP contribution in [0.4, 0.5) is 8.78 Å². The number of hydrogen-bond acceptors (Lipinski definition) is 6. The summed E-state index contributed by atoms with van der Waals surface area (Å²) in [4.78, 5) is 14.7. The number of hydrogen-bond donors (Lipinski definition) is 2. The number of nitrogens with one attached hydrogen (secondary N) is 1. The van der Waals surface area contributed by atoms with Crippen molar-refractivity contribution in [1.82, 2.24) is 9.62 Å². The van der Waals surface area contributed by atoms with Crippen molar-refractivity contribution in [2.45, 2.75) is 87.3 Å². The molecule has 11 heteroatoms. The molecule has 1 atom stereocenters. The number of nitrogens with two attached hydrogens (primary N) is 1. The Morgan fingerprint density at radius 3 is 2.43 bits per heavy atom. The van der Waals surface area contributed by atoms with E-state index in [2.05, 4.69) is 4.72 Å². The summed E-state index contributed by atoms with van der Waals surface area (Å²) in [6.45, 7) is 2.66. The monoisotopic (exact) mass is 629 g/mol. The molecule has 1 aliphatic heterocycles. The van der Waals surface area contributed by atoms with Crippen LogP contribution in [0, 0.1) is 0 Å². The van der Waals surface area contributed by atoms with Crippen LogP contribution >= 0.6 is 0 Å². The molecule has 0 bridgehead atoms. The van der Waals surface area contributed by atoms with E-state index < -0.39 is 33.5 Å². The number of fused-ring (bicyclic) bond motifs is 1. The molecule has 0 radical (unpaired) electrons. The molecule has 1 saturated heterocycles. The summed E-state index contributed by atoms with van der Waals surface area (Å²) in [5.41, 5.74) is 5.45. The van der Waals surface area contributed by atoms with Gasteiger partial charge >= 0.3 is 0 Å². The molecule has 1 saturated carbocycles. The van der Waals surface area contributed by atoms with Gasteiger partial charge in [0.15, 0.2) is 6.04 Å². The summed E-state index contributed by atoms with van der Waals surface area (Å²) < 4.78 is 73.7. The fourth-order valence-electron chi connectivity index (χ4n) is 5.74. The Labute approximate surface area is 257 Å². The van der Waals surface area contributed by atoms with Crippen molar-refractivity contribution in [2.75, 3.05) is 19.7 Å². The van der Waals surface area contributed by atoms with Crippen LogP contribution in [-0.4, -0.2) is 57.1 Å². The Morgan fingerprint density at radius 2 is 1.70 bits per heavy atom. The van der Waals surface area contributed by atoms with Crippen molar-refractivity contribution in [3.8, 4) is 11.5 Å². The third kappa shape index (κ3) is 7.50. The number of ether oxygens (including phenoxy) is 2. The molecule has 5 rings (SSSR count). The predicted molar refractivity (Wildman–Crippen MR) is 165 cm³/mol. The third-order valence-electron chi connectivity index (χ3n) is 8.42. The first kappa shape index (κ1) is 32.1. The Morgan fingerprint density at radius 1 is 1.00 bits per heavy atom. The lowest BCUT2D eigenvalue weighted by atomic mass is 9.98. The van der Waals surface area contributed by atoms with E-state index in [0.717, 1.165) is 50.0 Å². The van der Waals surface area contributed by atoms with Gasteiger partial charge in [-0.1, -0.05) is 37.6 Å². The maximum Gasteiger partial charge on any atom is 0.298 e. The molecule has 2 aliphatic rings. The summed E-state index contributed by atoms with van der Waals surface area (Å²) in [7, 11) is -4.56. The number of nitrogens with zero attached hydrogens (tertiary/aromatic N) is 1. The van der Waals surface area contributed by atoms with Crippen molar-refractivity contribution < 1.29 is 31.5 Å². The van der Waals surface area contributed by atoms with Gasteiger partial charge in [-0.05, 0) is 92.1 Å². The molecule has 44 heavy (non-hydrogen) atoms. The average Bonchev–Trinajstić information content (AvgIpc) is 3.53. The Kier molecular flexibility index (Phi) is 10.1. The van der Waals surface area contributed by atoms with E-state index >= 15 is 8.78 Å². The van der Waals surface area contributed by atoms with Crippen molar-refractivity contribution in [3.63, 3.8) is 0 Å². The van der Waals surface area contributed by atoms with Crippen LogP contribution in [0.5, 0.6) is 11.5 Å². The van der Waals surface area contributed by atoms with Gasteiger partial charge in [0.1, 0.15) is 11.5 Å². The number of alkyl halides is 2. The molecule has 0 spiro atoms. The van der Waals surface area contributed by atoms with E-state index in [1.807, 2.05) is 13.0 Å². The predicted octanol–water partition coefficient (Wildman–Crippen LogP) is 5.73. The number of carbonyl (C=O) groups excluding carboxylic acids is 1. The first-order valence-corrected chi connectivity index (χ1v) is 16.9. The lowest BCUT2D eigenvalue weighted by Gasteiger charge is -2.35. The van der Waals surface area contributed by atoms with Gasteiger partial charge in [0, 0.05) is 24.7 Å². The molecule has 8 nitrogen and oxygen atoms in total. The van der Waals surface area contributed by atoms with Crippen LogP contribution in [0.25, 0.3) is 10.8 Å². The fourth-order valence-corrected chi connectivity index (χ4v) is 6.96. The lowest BCUT2D eigenvalue weighted by molar-refractivity contribution is -0.145. The smallest absolute Gasteiger partial charge is 0.298 e. The summed E-state index contributed by atoms with van der Waals surface area (Å²) in [6.07, 6.45) is 6.96. The van der Waals surface area contributed by atoms with Gasteiger partial charge in [0.25, 0.3) is 5.92 Å². The van der Waals surface area contributed by atoms with Crippen LogP contribution < -0.4 is 19.9 Å². The van der Waals surface area contributed by atoms with Gasteiger partial charge in [-0.2, -0.15) is 13.5 Å². The van der Waals surface area contributed by atoms with Crippen LogP contribution in [0.1, 0.15) is 63.9 Å². The largest absolute Gasteiger partial charge is 0.494 e. The maximum atomic E-state index is 16.3. The van der Waals surface area contributed by atoms with E-state index in [4.69, 9.17) is 15.2 Å². The van der Waals surface area contributed by atoms with Crippen LogP contribution in [-0.2, 0) is 20.7 Å². The van der Waals surface area contributed by atoms with Crippen molar-refractivity contribution in [1.29, 1.82) is 0 Å². The zero-order valence-corrected chi connectivity index (χ0v) is 25.8. The molecule has 1 amide bonds. The molecule has 238 valence electrons. The summed E-state index contributed by atoms with van der Waals surface area (Å²) in [5.74, 6) is -3.97. The molecular weight excluding hydrogens is 588 g/mol. The highest BCUT2D eigenvalue weighted by Crippen LogP contribution is 2.36. The maximum absolute atomic E-state index is 16.3. The minimum absolute atomic E-state index is 0.145. The Bertz CT molecular complexity index is 1550. The number of benzene rings is 3. The van der Waals surface area contributed by atoms with Crippen molar-refractivity contribution in [2.24, 2.45) is 5.73 Å². The number of carbonyl (C=O) groups is 1. The standard InChI is InChI=1S/C33H41F2N3O5S/c1-2-3-19-42-28-10-6-7-25(22-28)33(34,35)31(32(39)38-17-15-26(36)16-18-38)37-44(40,41)30-14-12-23-20-29(13-11-24(23)21-30)43-27-8-4-5-9-27/h6-7,10-14,20-22,26-27,31,37H,2-5,8-9,15-19,36H2,1H3/t31-/m1/s1. The number of unbranched alkanes of at least 4 members (excludes halogenated alkanes) is 1. The molecule has 0 aromatic heterocycles. The minimum Gasteiger partial charge on any atom is -0.494 e. The second-order valence-corrected chi connectivity index (χ2v) is 13.5. The van der Waals surface area contributed by atoms with E-state index in [-0.39, 0.29) is 35.9 Å². The SMILES string of the molecule is CCCCOc1cccc(C(F)(F)[C@H](NS(=O)(=O)c2ccc3cc(OC4CCCC4)ccc3c2)C(=O)N2CCC(N)CC2)c1. The fraction of sp³-hybridized carbons (Fsp3) is 0.485. The minimum atomic E-state index is -4.56. The highest BCUT2D eigenvalue weighted by atomic mass is 32.2. The lowest BCUT2D eigenvalue weighted by Crippen LogP contribution is -2.57. The number of halogens is 2. The van der Waals surface area contributed by atoms with E-state index in [9.17, 15) is 13.2 Å². The third-order valence-corrected chi connectivity index (χ3v) is 9.84. The Balaban J connectivity index is 1.43. The van der Waals surface area contributed by atoms with E-state index in [0.29, 0.717) is 30.6 Å². The van der Waals surface area contributed by atoms with E-state index in [1.165, 1.54) is 29.2 Å². The first-order valence-electron chi connectivity index (χ1n) is 15.4. The second-order valence-electron chi connectivity index (χ2n) is 11.8. The molecule has 3 N–H and O–H groups in total. The Hall–Kier alpha value is -3.28. The molecule has 3 aromatic carbocycles. The summed E-state index contributed by atoms with van der Waals surface area (Å²) in [6, 6.07) is 12.5. The quantitative estimate of drug-likeness (QED) is 0.248. The highest BCUT2D eigenvalue weighted by Gasteiger charge is 2.50. The topological polar surface area (TPSA) is 111 Å². The number of amides is 1. The molecule has 1 aliphatic carbocycles. The number of piperidine rings is 1. The zero-order valence-electron chi connectivity index (χ0n) is 25.0. The first-order chi connectivity index (χ1) is 21.1. The van der Waals surface area contributed by atoms with Crippen LogP contribution in [0.2, 0.25) is 0 Å². The van der Waals surface area contributed by atoms with Gasteiger partial charge in [-0.25, -0.2) is 8.42 Å². The molecule has 0 unspecified atom stereocenters. The van der Waals surface area contributed by atoms with Gasteiger partial charge in [-0.3, -0.25) is 4.79 Å². The van der Waals surface area contributed by atoms with Crippen LogP contribution in [0.3, 0.4) is 0 Å². The van der Waals surface area contributed by atoms with Crippen molar-refractivity contribution >= 4 is 26.7 Å². The van der Waals surface area contributed by atoms with Gasteiger partial charge in [-0.15, -0.1) is 0 Å². The van der Waals surface area contributed by atoms with Crippen LogP contribution in [0.15, 0.2) is 65.6 Å². The van der Waals surface area contributed by atoms with Gasteiger partial charge < -0.3 is 20.1 Å². The summed E-state index contributed by atoms with van der Waals surface area (Å²) in [5, 5.41) is 1.35. The molecular formula is C33H41F2N3O5S. The average molecular weight is 630 g/mol. The second kappa shape index (κ2) is 13.8. The summed E-state index contributed by atoms with van der Waals surface area (Å²) >= 11 is 0. The highest BCUT2D eigenvalue weighted by molar-refractivity contribution is 7.89. The number of sulfonamides is 1. The van der Waals surface area contributed by atoms with Crippen molar-refractivity contribution in [3.05, 3.63) is 66.2 Å².